The summed E-state index contributed by atoms with van der Waals surface area (Å²) in [6, 6.07) is -0.565. The van der Waals surface area contributed by atoms with Crippen molar-refractivity contribution in [1.29, 1.82) is 0 Å². The van der Waals surface area contributed by atoms with Gasteiger partial charge in [-0.1, -0.05) is 26.2 Å². The Labute approximate surface area is 120 Å². The maximum absolute atomic E-state index is 11.6. The van der Waals surface area contributed by atoms with Crippen LogP contribution in [0.15, 0.2) is 0 Å². The number of amides is 2. The summed E-state index contributed by atoms with van der Waals surface area (Å²) in [4.78, 5) is 24.8. The maximum atomic E-state index is 11.6. The average molecular weight is 285 g/mol. The summed E-state index contributed by atoms with van der Waals surface area (Å²) in [5.74, 6) is -0.981. The van der Waals surface area contributed by atoms with Crippen molar-refractivity contribution in [2.24, 2.45) is 0 Å². The number of nitrogens with one attached hydrogen (secondary N) is 2. The largest absolute Gasteiger partial charge is 0.480 e. The van der Waals surface area contributed by atoms with Gasteiger partial charge in [0, 0.05) is 19.1 Å². The molecule has 116 valence electrons. The maximum Gasteiger partial charge on any atom is 0.326 e. The van der Waals surface area contributed by atoms with Crippen LogP contribution in [0.2, 0.25) is 0 Å². The molecule has 20 heavy (non-hydrogen) atoms. The predicted molar refractivity (Wildman–Crippen MR) is 77.8 cm³/mol. The summed E-state index contributed by atoms with van der Waals surface area (Å²) in [6.45, 7) is 3.23. The smallest absolute Gasteiger partial charge is 0.326 e. The molecule has 1 atom stereocenters. The summed E-state index contributed by atoms with van der Waals surface area (Å²) in [7, 11) is 2.08. The first-order chi connectivity index (χ1) is 9.54. The minimum atomic E-state index is -0.981. The first-order valence-corrected chi connectivity index (χ1v) is 7.52. The summed E-state index contributed by atoms with van der Waals surface area (Å²) < 4.78 is 0. The molecular formula is C14H27N3O3. The van der Waals surface area contributed by atoms with E-state index in [9.17, 15) is 9.59 Å². The van der Waals surface area contributed by atoms with Crippen LogP contribution in [0.25, 0.3) is 0 Å². The van der Waals surface area contributed by atoms with Gasteiger partial charge in [0.15, 0.2) is 0 Å². The lowest BCUT2D eigenvalue weighted by Crippen LogP contribution is -2.47. The van der Waals surface area contributed by atoms with Crippen LogP contribution in [0.4, 0.5) is 4.79 Å². The van der Waals surface area contributed by atoms with Crippen LogP contribution in [0.1, 0.15) is 45.4 Å². The number of aliphatic carboxylic acids is 1. The van der Waals surface area contributed by atoms with Gasteiger partial charge in [0.05, 0.1) is 0 Å². The van der Waals surface area contributed by atoms with E-state index in [1.54, 1.807) is 0 Å². The molecule has 1 aliphatic rings. The van der Waals surface area contributed by atoms with Gasteiger partial charge in [-0.05, 0) is 26.3 Å². The first-order valence-electron chi connectivity index (χ1n) is 7.52. The molecule has 0 spiro atoms. The second-order valence-corrected chi connectivity index (χ2v) is 5.50. The zero-order chi connectivity index (χ0) is 15.0. The van der Waals surface area contributed by atoms with E-state index in [2.05, 4.69) is 22.6 Å². The Kier molecular flexibility index (Phi) is 7.36. The molecule has 1 rings (SSSR count). The lowest BCUT2D eigenvalue weighted by molar-refractivity contribution is -0.139. The number of nitrogens with zero attached hydrogens (tertiary/aromatic N) is 1. The molecule has 1 fully saturated rings. The molecule has 1 saturated carbocycles. The van der Waals surface area contributed by atoms with E-state index < -0.39 is 18.0 Å². The van der Waals surface area contributed by atoms with Gasteiger partial charge in [-0.3, -0.25) is 0 Å². The van der Waals surface area contributed by atoms with Gasteiger partial charge >= 0.3 is 12.0 Å². The zero-order valence-electron chi connectivity index (χ0n) is 12.5. The highest BCUT2D eigenvalue weighted by Crippen LogP contribution is 2.21. The molecular weight excluding hydrogens is 258 g/mol. The molecule has 0 unspecified atom stereocenters. The monoisotopic (exact) mass is 285 g/mol. The Morgan fingerprint density at radius 3 is 2.55 bits per heavy atom. The van der Waals surface area contributed by atoms with E-state index in [0.717, 1.165) is 13.0 Å². The van der Waals surface area contributed by atoms with Gasteiger partial charge < -0.3 is 20.6 Å². The Morgan fingerprint density at radius 2 is 2.00 bits per heavy atom. The fourth-order valence-corrected chi connectivity index (χ4v) is 2.63. The molecule has 0 aliphatic heterocycles. The third-order valence-electron chi connectivity index (χ3n) is 3.88. The van der Waals surface area contributed by atoms with Crippen molar-refractivity contribution >= 4 is 12.0 Å². The topological polar surface area (TPSA) is 81.7 Å². The molecule has 0 aromatic carbocycles. The van der Waals surface area contributed by atoms with Crippen molar-refractivity contribution in [3.05, 3.63) is 0 Å². The fourth-order valence-electron chi connectivity index (χ4n) is 2.63. The van der Waals surface area contributed by atoms with Gasteiger partial charge in [-0.15, -0.1) is 0 Å². The van der Waals surface area contributed by atoms with Gasteiger partial charge in [0.2, 0.25) is 0 Å². The fraction of sp³-hybridized carbons (Fsp3) is 0.857. The van der Waals surface area contributed by atoms with E-state index in [0.29, 0.717) is 19.0 Å². The van der Waals surface area contributed by atoms with Crippen LogP contribution in [-0.2, 0) is 4.79 Å². The van der Waals surface area contributed by atoms with Crippen molar-refractivity contribution in [3.63, 3.8) is 0 Å². The van der Waals surface area contributed by atoms with Gasteiger partial charge in [-0.25, -0.2) is 9.59 Å². The van der Waals surface area contributed by atoms with E-state index in [4.69, 9.17) is 5.11 Å². The molecule has 6 nitrogen and oxygen atoms in total. The molecule has 3 N–H and O–H groups in total. The number of urea groups is 1. The molecule has 6 heteroatoms. The first kappa shape index (κ1) is 16.8. The molecule has 0 heterocycles. The summed E-state index contributed by atoms with van der Waals surface area (Å²) in [5.41, 5.74) is 0. The number of hydrogen-bond acceptors (Lipinski definition) is 3. The standard InChI is InChI=1S/C14H27N3O3/c1-3-6-12(13(18)19)16-14(20)15-9-10-17(2)11-7-4-5-8-11/h11-12H,3-10H2,1-2H3,(H,18,19)(H2,15,16,20)/t12-/m1/s1. The molecule has 1 aliphatic carbocycles. The van der Waals surface area contributed by atoms with Crippen LogP contribution >= 0.6 is 0 Å². The van der Waals surface area contributed by atoms with Gasteiger partial charge in [0.1, 0.15) is 6.04 Å². The minimum Gasteiger partial charge on any atom is -0.480 e. The Balaban J connectivity index is 2.19. The second-order valence-electron chi connectivity index (χ2n) is 5.50. The molecule has 0 bridgehead atoms. The van der Waals surface area contributed by atoms with Crippen molar-refractivity contribution in [2.45, 2.75) is 57.5 Å². The van der Waals surface area contributed by atoms with E-state index in [-0.39, 0.29) is 0 Å². The zero-order valence-corrected chi connectivity index (χ0v) is 12.5. The Morgan fingerprint density at radius 1 is 1.35 bits per heavy atom. The highest BCUT2D eigenvalue weighted by Gasteiger charge is 2.20. The number of hydrogen-bond donors (Lipinski definition) is 3. The van der Waals surface area contributed by atoms with E-state index >= 15 is 0 Å². The summed E-state index contributed by atoms with van der Waals surface area (Å²) in [6.07, 6.45) is 6.23. The van der Waals surface area contributed by atoms with Gasteiger partial charge in [-0.2, -0.15) is 0 Å². The molecule has 0 aromatic heterocycles. The lowest BCUT2D eigenvalue weighted by atomic mass is 10.2. The number of rotatable bonds is 8. The van der Waals surface area contributed by atoms with Crippen molar-refractivity contribution < 1.29 is 14.7 Å². The third kappa shape index (κ3) is 5.77. The summed E-state index contributed by atoms with van der Waals surface area (Å²) in [5, 5.41) is 14.2. The lowest BCUT2D eigenvalue weighted by Gasteiger charge is -2.24. The third-order valence-corrected chi connectivity index (χ3v) is 3.88. The number of likely N-dealkylation sites (N-methyl/N-ethyl adjacent to an activating group) is 1. The van der Waals surface area contributed by atoms with Crippen LogP contribution in [0, 0.1) is 0 Å². The Hall–Kier alpha value is -1.30. The SMILES string of the molecule is CCC[C@@H](NC(=O)NCCN(C)C1CCCC1)C(=O)O. The summed E-state index contributed by atoms with van der Waals surface area (Å²) >= 11 is 0. The van der Waals surface area contributed by atoms with E-state index in [1.165, 1.54) is 25.7 Å². The van der Waals surface area contributed by atoms with E-state index in [1.807, 2.05) is 6.92 Å². The van der Waals surface area contributed by atoms with Crippen LogP contribution in [-0.4, -0.2) is 54.2 Å². The second kappa shape index (κ2) is 8.79. The van der Waals surface area contributed by atoms with Crippen molar-refractivity contribution in [1.82, 2.24) is 15.5 Å². The van der Waals surface area contributed by atoms with Crippen molar-refractivity contribution in [3.8, 4) is 0 Å². The number of carboxylic acid groups (broad SMARTS) is 1. The van der Waals surface area contributed by atoms with Crippen LogP contribution in [0.5, 0.6) is 0 Å². The average Bonchev–Trinajstić information content (AvgIpc) is 2.91. The molecule has 0 radical (unpaired) electrons. The highest BCUT2D eigenvalue weighted by molar-refractivity contribution is 5.82. The van der Waals surface area contributed by atoms with Crippen molar-refractivity contribution in [2.75, 3.05) is 20.1 Å². The molecule has 0 saturated heterocycles. The number of carbonyl (C=O) groups excluding carboxylic acids is 1. The quantitative estimate of drug-likeness (QED) is 0.630. The Bertz CT molecular complexity index is 317. The molecule has 2 amide bonds. The predicted octanol–water partition coefficient (Wildman–Crippen LogP) is 1.41. The number of carboxylic acids is 1. The minimum absolute atomic E-state index is 0.398. The van der Waals surface area contributed by atoms with Crippen LogP contribution < -0.4 is 10.6 Å². The normalized spacial score (nSPS) is 17.1. The number of carbonyl (C=O) groups is 2. The van der Waals surface area contributed by atoms with Gasteiger partial charge in [0.25, 0.3) is 0 Å². The highest BCUT2D eigenvalue weighted by atomic mass is 16.4. The molecule has 0 aromatic rings. The van der Waals surface area contributed by atoms with Crippen LogP contribution in [0.3, 0.4) is 0 Å².